The van der Waals surface area contributed by atoms with Crippen molar-refractivity contribution < 1.29 is 15.0 Å². The van der Waals surface area contributed by atoms with Crippen molar-refractivity contribution in [2.24, 2.45) is 50.2 Å². The normalized spacial score (nSPS) is 52.4. The van der Waals surface area contributed by atoms with Crippen LogP contribution in [0.1, 0.15) is 113 Å². The van der Waals surface area contributed by atoms with Crippen molar-refractivity contribution in [3.8, 4) is 0 Å². The lowest BCUT2D eigenvalue weighted by Crippen LogP contribution is -2.65. The van der Waals surface area contributed by atoms with E-state index in [0.717, 1.165) is 51.4 Å². The molecule has 0 spiro atoms. The third-order valence-electron chi connectivity index (χ3n) is 13.0. The number of carboxylic acids is 1. The minimum atomic E-state index is -0.795. The van der Waals surface area contributed by atoms with Gasteiger partial charge in [0.1, 0.15) is 0 Å². The number of carboxylic acid groups (broad SMARTS) is 1. The fraction of sp³-hybridized carbons (Fsp3) is 0.900. The highest BCUT2D eigenvalue weighted by Crippen LogP contribution is 2.75. The molecule has 0 saturated heterocycles. The Bertz CT molecular complexity index is 885. The van der Waals surface area contributed by atoms with E-state index < -0.39 is 11.4 Å². The first-order valence-corrected chi connectivity index (χ1v) is 13.7. The number of aliphatic carboxylic acids is 1. The van der Waals surface area contributed by atoms with Gasteiger partial charge in [0, 0.05) is 11.4 Å². The summed E-state index contributed by atoms with van der Waals surface area (Å²) in [6, 6.07) is 0. The molecule has 0 radical (unpaired) electrons. The summed E-state index contributed by atoms with van der Waals surface area (Å²) < 4.78 is 0. The Morgan fingerprint density at radius 2 is 1.58 bits per heavy atom. The highest BCUT2D eigenvalue weighted by molar-refractivity contribution is 5.74. The molecule has 1 N–H and O–H groups in total. The molecule has 0 aromatic rings. The first kappa shape index (κ1) is 23.9. The summed E-state index contributed by atoms with van der Waals surface area (Å²) in [6.07, 6.45) is 12.3. The number of rotatable bonds is 1. The van der Waals surface area contributed by atoms with E-state index >= 15 is 0 Å². The van der Waals surface area contributed by atoms with E-state index in [0.29, 0.717) is 11.8 Å². The van der Waals surface area contributed by atoms with Crippen LogP contribution in [0, 0.1) is 50.2 Å². The summed E-state index contributed by atoms with van der Waals surface area (Å²) in [7, 11) is 0. The predicted octanol–water partition coefficient (Wildman–Crippen LogP) is 5.90. The minimum absolute atomic E-state index is 0.0384. The van der Waals surface area contributed by atoms with Gasteiger partial charge in [-0.3, -0.25) is 0 Å². The van der Waals surface area contributed by atoms with E-state index in [4.69, 9.17) is 0 Å². The van der Waals surface area contributed by atoms with E-state index in [1.165, 1.54) is 18.4 Å². The van der Waals surface area contributed by atoms with Crippen molar-refractivity contribution >= 4 is 5.97 Å². The van der Waals surface area contributed by atoms with Crippen molar-refractivity contribution in [3.63, 3.8) is 0 Å². The molecule has 0 aromatic heterocycles. The molecule has 5 aliphatic carbocycles. The molecule has 5 rings (SSSR count). The maximum atomic E-state index is 12.6. The summed E-state index contributed by atoms with van der Waals surface area (Å²) in [4.78, 5) is 12.6. The molecule has 4 fully saturated rings. The summed E-state index contributed by atoms with van der Waals surface area (Å²) in [5.41, 5.74) is 1.43. The number of carbonyl (C=O) groups excluding carboxylic acids is 1. The Kier molecular flexibility index (Phi) is 4.99. The van der Waals surface area contributed by atoms with Crippen LogP contribution in [0.25, 0.3) is 0 Å². The number of allylic oxidation sites excluding steroid dienone is 2. The molecule has 4 saturated carbocycles. The van der Waals surface area contributed by atoms with Gasteiger partial charge in [-0.05, 0) is 109 Å². The second kappa shape index (κ2) is 6.89. The lowest BCUT2D eigenvalue weighted by molar-refractivity contribution is -0.327. The fourth-order valence-corrected chi connectivity index (χ4v) is 10.6. The standard InChI is InChI=1S/C30H48O3/c1-25(2)14-16-30(24(32)33)17-15-28(6)19(20(30)18-25)8-9-22-27(5)12-11-23(31)26(3,4)21(27)10-13-29(22,28)7/h8,20-23,31H,9-18H2,1-7H3,(H,32,33)/p-1/t20-,21-,22-,23-,27-,28+,29-,30-/m0/s1. The third kappa shape index (κ3) is 2.87. The number of hydrogen-bond donors (Lipinski definition) is 1. The SMILES string of the molecule is CC1(C)CC[C@]2(C(=O)[O-])CC[C@]3(C)C(=CC[C@H]4[C@@]5(C)CC[C@H](O)C(C)(C)[C@@H]5CC[C@@]43C)[C@@H]2C1. The summed E-state index contributed by atoms with van der Waals surface area (Å²) in [5, 5.41) is 23.5. The molecule has 0 amide bonds. The van der Waals surface area contributed by atoms with E-state index in [1.807, 2.05) is 0 Å². The zero-order valence-electron chi connectivity index (χ0n) is 22.2. The molecule has 33 heavy (non-hydrogen) atoms. The van der Waals surface area contributed by atoms with E-state index in [1.54, 1.807) is 0 Å². The molecule has 0 bridgehead atoms. The average Bonchev–Trinajstić information content (AvgIpc) is 2.71. The number of aliphatic hydroxyl groups is 1. The van der Waals surface area contributed by atoms with Crippen molar-refractivity contribution in [2.75, 3.05) is 0 Å². The highest BCUT2D eigenvalue weighted by atomic mass is 16.4. The zero-order chi connectivity index (χ0) is 24.2. The van der Waals surface area contributed by atoms with Crippen LogP contribution in [0.4, 0.5) is 0 Å². The third-order valence-corrected chi connectivity index (χ3v) is 13.0. The maximum absolute atomic E-state index is 12.6. The molecule has 0 unspecified atom stereocenters. The van der Waals surface area contributed by atoms with Crippen molar-refractivity contribution in [3.05, 3.63) is 11.6 Å². The van der Waals surface area contributed by atoms with Gasteiger partial charge >= 0.3 is 0 Å². The molecule has 5 aliphatic rings. The van der Waals surface area contributed by atoms with Crippen LogP contribution in [0.2, 0.25) is 0 Å². The summed E-state index contributed by atoms with van der Waals surface area (Å²) in [6.45, 7) is 16.8. The van der Waals surface area contributed by atoms with Crippen molar-refractivity contribution in [1.29, 1.82) is 0 Å². The van der Waals surface area contributed by atoms with Crippen LogP contribution in [0.15, 0.2) is 11.6 Å². The fourth-order valence-electron chi connectivity index (χ4n) is 10.6. The van der Waals surface area contributed by atoms with Gasteiger partial charge in [0.05, 0.1) is 6.10 Å². The number of hydrogen-bond acceptors (Lipinski definition) is 3. The minimum Gasteiger partial charge on any atom is -0.550 e. The summed E-state index contributed by atoms with van der Waals surface area (Å²) >= 11 is 0. The van der Waals surface area contributed by atoms with Crippen LogP contribution < -0.4 is 5.11 Å². The molecule has 0 heterocycles. The molecule has 186 valence electrons. The predicted molar refractivity (Wildman–Crippen MR) is 130 cm³/mol. The van der Waals surface area contributed by atoms with Crippen LogP contribution >= 0.6 is 0 Å². The second-order valence-electron chi connectivity index (χ2n) is 15.0. The largest absolute Gasteiger partial charge is 0.550 e. The highest BCUT2D eigenvalue weighted by Gasteiger charge is 2.68. The van der Waals surface area contributed by atoms with E-state index in [2.05, 4.69) is 54.5 Å². The first-order chi connectivity index (χ1) is 15.1. The van der Waals surface area contributed by atoms with E-state index in [9.17, 15) is 15.0 Å². The van der Waals surface area contributed by atoms with Crippen LogP contribution in [-0.4, -0.2) is 17.2 Å². The lowest BCUT2D eigenvalue weighted by atomic mass is 9.33. The smallest absolute Gasteiger partial charge is 0.0594 e. The van der Waals surface area contributed by atoms with Gasteiger partial charge < -0.3 is 15.0 Å². The first-order valence-electron chi connectivity index (χ1n) is 13.7. The Balaban J connectivity index is 1.60. The van der Waals surface area contributed by atoms with Gasteiger partial charge in [-0.1, -0.05) is 60.1 Å². The number of fused-ring (bicyclic) bond motifs is 7. The Labute approximate surface area is 201 Å². The molecule has 0 aliphatic heterocycles. The van der Waals surface area contributed by atoms with Gasteiger partial charge in [0.25, 0.3) is 0 Å². The van der Waals surface area contributed by atoms with Crippen LogP contribution in [-0.2, 0) is 4.79 Å². The van der Waals surface area contributed by atoms with Gasteiger partial charge in [-0.15, -0.1) is 0 Å². The van der Waals surface area contributed by atoms with Gasteiger partial charge in [0.15, 0.2) is 0 Å². The summed E-state index contributed by atoms with van der Waals surface area (Å²) in [5.74, 6) is 0.469. The average molecular weight is 456 g/mol. The molecule has 8 atom stereocenters. The Morgan fingerprint density at radius 1 is 0.909 bits per heavy atom. The van der Waals surface area contributed by atoms with E-state index in [-0.39, 0.29) is 39.1 Å². The lowest BCUT2D eigenvalue weighted by Gasteiger charge is -2.71. The van der Waals surface area contributed by atoms with Crippen molar-refractivity contribution in [1.82, 2.24) is 0 Å². The Morgan fingerprint density at radius 3 is 2.24 bits per heavy atom. The van der Waals surface area contributed by atoms with Gasteiger partial charge in [-0.2, -0.15) is 0 Å². The molecule has 3 heteroatoms. The topological polar surface area (TPSA) is 60.4 Å². The Hall–Kier alpha value is -0.830. The monoisotopic (exact) mass is 455 g/mol. The van der Waals surface area contributed by atoms with Crippen molar-refractivity contribution in [2.45, 2.75) is 119 Å². The van der Waals surface area contributed by atoms with Gasteiger partial charge in [0.2, 0.25) is 0 Å². The molecular formula is C30H47O3-. The second-order valence-corrected chi connectivity index (χ2v) is 15.0. The molecule has 3 nitrogen and oxygen atoms in total. The van der Waals surface area contributed by atoms with Crippen LogP contribution in [0.3, 0.4) is 0 Å². The number of carbonyl (C=O) groups is 1. The maximum Gasteiger partial charge on any atom is 0.0594 e. The quantitative estimate of drug-likeness (QED) is 0.501. The van der Waals surface area contributed by atoms with Gasteiger partial charge in [-0.25, -0.2) is 0 Å². The van der Waals surface area contributed by atoms with Crippen LogP contribution in [0.5, 0.6) is 0 Å². The molecular weight excluding hydrogens is 408 g/mol. The molecule has 0 aromatic carbocycles. The zero-order valence-corrected chi connectivity index (χ0v) is 22.2. The number of aliphatic hydroxyl groups excluding tert-OH is 1.